The van der Waals surface area contributed by atoms with Crippen molar-refractivity contribution in [2.75, 3.05) is 19.7 Å². The molecule has 0 heterocycles. The van der Waals surface area contributed by atoms with Gasteiger partial charge in [0.1, 0.15) is 11.6 Å². The molecule has 0 fully saturated rings. The van der Waals surface area contributed by atoms with Crippen molar-refractivity contribution in [3.63, 3.8) is 0 Å². The molecule has 0 amide bonds. The number of aliphatic hydroxyl groups excluding tert-OH is 1. The molecular weight excluding hydrogens is 372 g/mol. The van der Waals surface area contributed by atoms with Gasteiger partial charge >= 0.3 is 0 Å². The Morgan fingerprint density at radius 3 is 2.40 bits per heavy atom. The minimum atomic E-state index is -3.97. The van der Waals surface area contributed by atoms with Crippen LogP contribution in [-0.2, 0) is 9.84 Å². The van der Waals surface area contributed by atoms with Crippen LogP contribution in [0.25, 0.3) is 0 Å². The van der Waals surface area contributed by atoms with Crippen molar-refractivity contribution in [2.45, 2.75) is 16.6 Å². The number of sulfone groups is 1. The monoisotopic (exact) mass is 389 g/mol. The molecule has 2 aromatic rings. The number of aliphatic hydroxyl groups is 1. The first-order valence-electron chi connectivity index (χ1n) is 7.62. The highest BCUT2D eigenvalue weighted by atomic mass is 35.5. The third-order valence-electron chi connectivity index (χ3n) is 3.69. The molecule has 2 aromatic carbocycles. The molecule has 2 N–H and O–H groups in total. The highest BCUT2D eigenvalue weighted by Crippen LogP contribution is 2.34. The molecule has 0 aliphatic heterocycles. The lowest BCUT2D eigenvalue weighted by atomic mass is 10.1. The highest BCUT2D eigenvalue weighted by Gasteiger charge is 2.31. The number of nitrogens with one attached hydrogen (secondary N) is 1. The van der Waals surface area contributed by atoms with Gasteiger partial charge in [-0.3, -0.25) is 0 Å². The first-order valence-corrected chi connectivity index (χ1v) is 9.54. The van der Waals surface area contributed by atoms with E-state index in [-0.39, 0.29) is 36.6 Å². The normalized spacial score (nSPS) is 13.0. The molecule has 25 heavy (non-hydrogen) atoms. The Labute approximate surface area is 150 Å². The third kappa shape index (κ3) is 4.98. The molecule has 0 saturated carbocycles. The Hall–Kier alpha value is -1.54. The predicted octanol–water partition coefficient (Wildman–Crippen LogP) is 3.11. The van der Waals surface area contributed by atoms with Crippen LogP contribution in [0.4, 0.5) is 8.78 Å². The molecule has 1 unspecified atom stereocenters. The summed E-state index contributed by atoms with van der Waals surface area (Å²) in [5, 5.41) is 10.7. The van der Waals surface area contributed by atoms with Gasteiger partial charge in [0.25, 0.3) is 0 Å². The quantitative estimate of drug-likeness (QED) is 0.681. The van der Waals surface area contributed by atoms with Crippen molar-refractivity contribution in [3.8, 4) is 0 Å². The second kappa shape index (κ2) is 8.71. The Morgan fingerprint density at radius 2 is 1.76 bits per heavy atom. The lowest BCUT2D eigenvalue weighted by molar-refractivity contribution is 0.292. The van der Waals surface area contributed by atoms with Crippen LogP contribution in [0.3, 0.4) is 0 Å². The molecule has 0 aliphatic carbocycles. The van der Waals surface area contributed by atoms with E-state index in [2.05, 4.69) is 5.32 Å². The van der Waals surface area contributed by atoms with E-state index < -0.39 is 26.7 Å². The predicted molar refractivity (Wildman–Crippen MR) is 92.3 cm³/mol. The van der Waals surface area contributed by atoms with Gasteiger partial charge in [-0.2, -0.15) is 0 Å². The van der Waals surface area contributed by atoms with Gasteiger partial charge in [0, 0.05) is 17.1 Å². The first-order chi connectivity index (χ1) is 11.9. The molecule has 8 heteroatoms. The van der Waals surface area contributed by atoms with Crippen LogP contribution in [-0.4, -0.2) is 33.2 Å². The van der Waals surface area contributed by atoms with E-state index in [4.69, 9.17) is 16.7 Å². The topological polar surface area (TPSA) is 66.4 Å². The summed E-state index contributed by atoms with van der Waals surface area (Å²) in [5.41, 5.74) is -0.222. The molecule has 0 spiro atoms. The summed E-state index contributed by atoms with van der Waals surface area (Å²) in [7, 11) is -3.97. The Balaban J connectivity index is 2.42. The summed E-state index contributed by atoms with van der Waals surface area (Å²) in [5.74, 6) is -1.50. The number of benzene rings is 2. The minimum absolute atomic E-state index is 0.0192. The van der Waals surface area contributed by atoms with Gasteiger partial charge in [-0.25, -0.2) is 17.2 Å². The van der Waals surface area contributed by atoms with Gasteiger partial charge in [-0.05, 0) is 55.4 Å². The van der Waals surface area contributed by atoms with E-state index in [9.17, 15) is 17.2 Å². The van der Waals surface area contributed by atoms with Crippen molar-refractivity contribution in [1.82, 2.24) is 5.32 Å². The number of rotatable bonds is 8. The lowest BCUT2D eigenvalue weighted by Crippen LogP contribution is -2.24. The molecule has 0 saturated heterocycles. The maximum Gasteiger partial charge on any atom is 0.185 e. The molecule has 0 bridgehead atoms. The van der Waals surface area contributed by atoms with Gasteiger partial charge in [-0.15, -0.1) is 0 Å². The summed E-state index contributed by atoms with van der Waals surface area (Å²) in [4.78, 5) is -0.0206. The van der Waals surface area contributed by atoms with E-state index in [1.165, 1.54) is 24.3 Å². The zero-order chi connectivity index (χ0) is 18.4. The van der Waals surface area contributed by atoms with E-state index in [1.54, 1.807) is 0 Å². The van der Waals surface area contributed by atoms with E-state index >= 15 is 0 Å². The fourth-order valence-electron chi connectivity index (χ4n) is 2.46. The van der Waals surface area contributed by atoms with Crippen molar-refractivity contribution in [1.29, 1.82) is 0 Å². The van der Waals surface area contributed by atoms with Gasteiger partial charge < -0.3 is 10.4 Å². The Kier molecular flexibility index (Phi) is 6.89. The molecule has 0 radical (unpaired) electrons. The molecule has 4 nitrogen and oxygen atoms in total. The number of hydrogen-bond donors (Lipinski definition) is 2. The lowest BCUT2D eigenvalue weighted by Gasteiger charge is -2.19. The molecular formula is C17H18ClF2NO3S. The molecule has 0 aromatic heterocycles. The van der Waals surface area contributed by atoms with E-state index in [0.29, 0.717) is 5.02 Å². The zero-order valence-corrected chi connectivity index (χ0v) is 14.8. The summed E-state index contributed by atoms with van der Waals surface area (Å²) >= 11 is 5.78. The molecule has 0 aliphatic rings. The minimum Gasteiger partial charge on any atom is -0.395 e. The summed E-state index contributed by atoms with van der Waals surface area (Å²) in [6, 6.07) is 8.28. The van der Waals surface area contributed by atoms with Crippen molar-refractivity contribution < 1.29 is 22.3 Å². The number of halogens is 3. The summed E-state index contributed by atoms with van der Waals surface area (Å²) in [6.07, 6.45) is 0.0192. The van der Waals surface area contributed by atoms with Crippen LogP contribution in [0, 0.1) is 11.6 Å². The van der Waals surface area contributed by atoms with Crippen molar-refractivity contribution >= 4 is 21.4 Å². The van der Waals surface area contributed by atoms with E-state index in [1.807, 2.05) is 0 Å². The molecule has 136 valence electrons. The second-order valence-electron chi connectivity index (χ2n) is 5.42. The van der Waals surface area contributed by atoms with Gasteiger partial charge in [0.2, 0.25) is 0 Å². The first kappa shape index (κ1) is 19.8. The molecule has 2 rings (SSSR count). The fourth-order valence-corrected chi connectivity index (χ4v) is 4.38. The van der Waals surface area contributed by atoms with Crippen molar-refractivity contribution in [2.24, 2.45) is 0 Å². The fraction of sp³-hybridized carbons (Fsp3) is 0.294. The maximum atomic E-state index is 14.2. The average molecular weight is 390 g/mol. The maximum absolute atomic E-state index is 14.2. The van der Waals surface area contributed by atoms with Crippen LogP contribution in [0.1, 0.15) is 17.2 Å². The van der Waals surface area contributed by atoms with Crippen LogP contribution in [0.2, 0.25) is 5.02 Å². The van der Waals surface area contributed by atoms with Crippen LogP contribution in [0.5, 0.6) is 0 Å². The SMILES string of the molecule is O=S(=O)(c1ccc(Cl)cc1)C(CCNCCO)c1cc(F)ccc1F. The highest BCUT2D eigenvalue weighted by molar-refractivity contribution is 7.91. The van der Waals surface area contributed by atoms with Crippen LogP contribution >= 0.6 is 11.6 Å². The van der Waals surface area contributed by atoms with Crippen molar-refractivity contribution in [3.05, 3.63) is 64.7 Å². The summed E-state index contributed by atoms with van der Waals surface area (Å²) in [6.45, 7) is 0.385. The van der Waals surface area contributed by atoms with Crippen LogP contribution in [0.15, 0.2) is 47.4 Å². The summed E-state index contributed by atoms with van der Waals surface area (Å²) < 4.78 is 53.7. The average Bonchev–Trinajstić information content (AvgIpc) is 2.57. The molecule has 1 atom stereocenters. The van der Waals surface area contributed by atoms with Gasteiger partial charge in [0.05, 0.1) is 16.8 Å². The van der Waals surface area contributed by atoms with Crippen LogP contribution < -0.4 is 5.32 Å². The zero-order valence-electron chi connectivity index (χ0n) is 13.3. The van der Waals surface area contributed by atoms with Gasteiger partial charge in [-0.1, -0.05) is 11.6 Å². The smallest absolute Gasteiger partial charge is 0.185 e. The Morgan fingerprint density at radius 1 is 1.08 bits per heavy atom. The van der Waals surface area contributed by atoms with Gasteiger partial charge in [0.15, 0.2) is 9.84 Å². The number of hydrogen-bond acceptors (Lipinski definition) is 4. The Bertz CT molecular complexity index is 813. The third-order valence-corrected chi connectivity index (χ3v) is 6.11. The van der Waals surface area contributed by atoms with E-state index in [0.717, 1.165) is 18.2 Å². The standard InChI is InChI=1S/C17H18ClF2NO3S/c18-12-1-4-14(5-2-12)25(23,24)17(7-8-21-9-10-22)15-11-13(19)3-6-16(15)20/h1-6,11,17,21-22H,7-10H2. The largest absolute Gasteiger partial charge is 0.395 e. The second-order valence-corrected chi connectivity index (χ2v) is 7.98.